The fraction of sp³-hybridized carbons (Fsp3) is 0.542. The fourth-order valence-corrected chi connectivity index (χ4v) is 4.41. The Kier molecular flexibility index (Phi) is 8.83. The van der Waals surface area contributed by atoms with Gasteiger partial charge in [-0.3, -0.25) is 9.59 Å². The van der Waals surface area contributed by atoms with Gasteiger partial charge in [-0.15, -0.1) is 0 Å². The lowest BCUT2D eigenvalue weighted by atomic mass is 9.81. The average Bonchev–Trinajstić information content (AvgIpc) is 3.00. The number of carboxylic acid groups (broad SMARTS) is 1. The van der Waals surface area contributed by atoms with E-state index in [4.69, 9.17) is 16.3 Å². The Labute approximate surface area is 188 Å². The van der Waals surface area contributed by atoms with Crippen molar-refractivity contribution in [1.82, 2.24) is 0 Å². The van der Waals surface area contributed by atoms with Crippen LogP contribution in [0.3, 0.4) is 0 Å². The zero-order chi connectivity index (χ0) is 23.2. The molecule has 4 atom stereocenters. The second-order valence-corrected chi connectivity index (χ2v) is 9.19. The second kappa shape index (κ2) is 10.9. The number of esters is 1. The van der Waals surface area contributed by atoms with E-state index < -0.39 is 41.4 Å². The summed E-state index contributed by atoms with van der Waals surface area (Å²) in [5.74, 6) is -3.30. The Hall–Kier alpha value is -2.18. The van der Waals surface area contributed by atoms with Crippen LogP contribution in [0.25, 0.3) is 0 Å². The fourth-order valence-electron chi connectivity index (χ4n) is 4.01. The van der Waals surface area contributed by atoms with E-state index in [0.29, 0.717) is 12.0 Å². The summed E-state index contributed by atoms with van der Waals surface area (Å²) < 4.78 is 5.62. The van der Waals surface area contributed by atoms with Crippen LogP contribution in [-0.4, -0.2) is 40.1 Å². The average molecular weight is 451 g/mol. The van der Waals surface area contributed by atoms with Gasteiger partial charge in [0.05, 0.1) is 23.1 Å². The van der Waals surface area contributed by atoms with Gasteiger partial charge < -0.3 is 14.9 Å². The van der Waals surface area contributed by atoms with Crippen LogP contribution in [0.2, 0.25) is 0 Å². The number of ether oxygens (including phenoxy) is 1. The summed E-state index contributed by atoms with van der Waals surface area (Å²) in [5, 5.41) is 19.7. The predicted molar refractivity (Wildman–Crippen MR) is 118 cm³/mol. The number of aliphatic carboxylic acids is 1. The van der Waals surface area contributed by atoms with E-state index in [0.717, 1.165) is 12.8 Å². The van der Waals surface area contributed by atoms with Crippen LogP contribution in [0.15, 0.2) is 41.4 Å². The van der Waals surface area contributed by atoms with Gasteiger partial charge in [0.25, 0.3) is 0 Å². The number of rotatable bonds is 10. The molecule has 0 aromatic heterocycles. The van der Waals surface area contributed by atoms with E-state index in [1.54, 1.807) is 30.3 Å². The molecule has 31 heavy (non-hydrogen) atoms. The SMILES string of the molecule is CCCCC(C)(C)C(=O)C(Cl)=C[C@@H]1[C@@H](CC(=O)O)[C@@H](O)C[C@H]1OC(=O)c1ccccc1. The first-order chi connectivity index (χ1) is 14.6. The summed E-state index contributed by atoms with van der Waals surface area (Å²) in [6, 6.07) is 8.41. The van der Waals surface area contributed by atoms with Crippen LogP contribution in [0.4, 0.5) is 0 Å². The van der Waals surface area contributed by atoms with Crippen molar-refractivity contribution < 1.29 is 29.3 Å². The molecular formula is C24H31ClO6. The molecule has 0 bridgehead atoms. The maximum atomic E-state index is 12.9. The van der Waals surface area contributed by atoms with Crippen LogP contribution in [0.1, 0.15) is 63.2 Å². The number of hydrogen-bond acceptors (Lipinski definition) is 5. The van der Waals surface area contributed by atoms with Crippen molar-refractivity contribution in [2.24, 2.45) is 17.3 Å². The molecule has 0 unspecified atom stereocenters. The van der Waals surface area contributed by atoms with Crippen LogP contribution >= 0.6 is 11.6 Å². The molecule has 1 aliphatic rings. The minimum Gasteiger partial charge on any atom is -0.481 e. The first kappa shape index (κ1) is 25.1. The summed E-state index contributed by atoms with van der Waals surface area (Å²) in [6.07, 6.45) is 1.96. The van der Waals surface area contributed by atoms with E-state index in [1.165, 1.54) is 6.08 Å². The normalized spacial score (nSPS) is 24.1. The van der Waals surface area contributed by atoms with E-state index in [-0.39, 0.29) is 23.7 Å². The zero-order valence-corrected chi connectivity index (χ0v) is 19.0. The molecule has 0 heterocycles. The van der Waals surface area contributed by atoms with Crippen molar-refractivity contribution in [1.29, 1.82) is 0 Å². The molecule has 0 spiro atoms. The number of carbonyl (C=O) groups is 3. The number of halogens is 1. The van der Waals surface area contributed by atoms with E-state index in [9.17, 15) is 24.6 Å². The first-order valence-corrected chi connectivity index (χ1v) is 11.0. The van der Waals surface area contributed by atoms with Crippen molar-refractivity contribution in [2.45, 2.75) is 65.1 Å². The highest BCUT2D eigenvalue weighted by Gasteiger charge is 2.45. The van der Waals surface area contributed by atoms with Gasteiger partial charge in [-0.25, -0.2) is 4.79 Å². The van der Waals surface area contributed by atoms with Crippen LogP contribution < -0.4 is 0 Å². The number of carbonyl (C=O) groups excluding carboxylic acids is 2. The number of hydrogen-bond donors (Lipinski definition) is 2. The molecule has 2 rings (SSSR count). The largest absolute Gasteiger partial charge is 0.481 e. The van der Waals surface area contributed by atoms with Crippen molar-refractivity contribution in [2.75, 3.05) is 0 Å². The maximum absolute atomic E-state index is 12.9. The molecule has 2 N–H and O–H groups in total. The summed E-state index contributed by atoms with van der Waals surface area (Å²) in [6.45, 7) is 5.69. The monoisotopic (exact) mass is 450 g/mol. The molecule has 0 aliphatic heterocycles. The minimum atomic E-state index is -1.08. The van der Waals surface area contributed by atoms with E-state index in [2.05, 4.69) is 0 Å². The molecule has 1 aromatic carbocycles. The van der Waals surface area contributed by atoms with Gasteiger partial charge in [0.2, 0.25) is 0 Å². The number of allylic oxidation sites excluding steroid dienone is 1. The Morgan fingerprint density at radius 3 is 2.45 bits per heavy atom. The number of aliphatic hydroxyl groups excluding tert-OH is 1. The second-order valence-electron chi connectivity index (χ2n) is 8.78. The Bertz CT molecular complexity index is 817. The van der Waals surface area contributed by atoms with Crippen molar-refractivity contribution >= 4 is 29.3 Å². The Morgan fingerprint density at radius 2 is 1.87 bits per heavy atom. The van der Waals surface area contributed by atoms with Gasteiger partial charge in [-0.2, -0.15) is 0 Å². The van der Waals surface area contributed by atoms with Crippen LogP contribution in [0.5, 0.6) is 0 Å². The summed E-state index contributed by atoms with van der Waals surface area (Å²) in [7, 11) is 0. The molecule has 6 nitrogen and oxygen atoms in total. The summed E-state index contributed by atoms with van der Waals surface area (Å²) in [5.41, 5.74) is -0.316. The molecule has 1 aromatic rings. The topological polar surface area (TPSA) is 101 Å². The molecule has 7 heteroatoms. The minimum absolute atomic E-state index is 0.0173. The molecule has 0 radical (unpaired) electrons. The van der Waals surface area contributed by atoms with Crippen molar-refractivity contribution in [3.05, 3.63) is 47.0 Å². The third kappa shape index (κ3) is 6.65. The van der Waals surface area contributed by atoms with Gasteiger partial charge in [-0.05, 0) is 18.6 Å². The molecular weight excluding hydrogens is 420 g/mol. The number of Topliss-reactive ketones (excluding diaryl/α,β-unsaturated/α-hetero) is 1. The lowest BCUT2D eigenvalue weighted by molar-refractivity contribution is -0.139. The number of ketones is 1. The predicted octanol–water partition coefficient (Wildman–Crippen LogP) is 4.59. The molecule has 0 saturated heterocycles. The standard InChI is InChI=1S/C24H31ClO6/c1-4-5-11-24(2,3)22(29)18(25)12-17-16(13-21(27)28)19(26)14-20(17)31-23(30)15-9-7-6-8-10-15/h6-10,12,16-17,19-20,26H,4-5,11,13-14H2,1-3H3,(H,27,28)/t16-,17-,19+,20-/m1/s1. The van der Waals surface area contributed by atoms with Gasteiger partial charge in [0.15, 0.2) is 5.78 Å². The third-order valence-electron chi connectivity index (χ3n) is 5.90. The lowest BCUT2D eigenvalue weighted by Crippen LogP contribution is -2.29. The third-order valence-corrected chi connectivity index (χ3v) is 6.19. The smallest absolute Gasteiger partial charge is 0.338 e. The highest BCUT2D eigenvalue weighted by molar-refractivity contribution is 6.43. The van der Waals surface area contributed by atoms with E-state index in [1.807, 2.05) is 20.8 Å². The van der Waals surface area contributed by atoms with Crippen molar-refractivity contribution in [3.8, 4) is 0 Å². The highest BCUT2D eigenvalue weighted by Crippen LogP contribution is 2.40. The van der Waals surface area contributed by atoms with Crippen LogP contribution in [0, 0.1) is 17.3 Å². The maximum Gasteiger partial charge on any atom is 0.338 e. The molecule has 1 aliphatic carbocycles. The molecule has 1 saturated carbocycles. The highest BCUT2D eigenvalue weighted by atomic mass is 35.5. The van der Waals surface area contributed by atoms with Gasteiger partial charge in [-0.1, -0.05) is 69.5 Å². The molecule has 0 amide bonds. The molecule has 170 valence electrons. The number of carboxylic acids is 1. The summed E-state index contributed by atoms with van der Waals surface area (Å²) >= 11 is 6.39. The molecule has 1 fully saturated rings. The number of unbranched alkanes of at least 4 members (excludes halogenated alkanes) is 1. The zero-order valence-electron chi connectivity index (χ0n) is 18.2. The quantitative estimate of drug-likeness (QED) is 0.399. The lowest BCUT2D eigenvalue weighted by Gasteiger charge is -2.25. The Balaban J connectivity index is 2.29. The van der Waals surface area contributed by atoms with Crippen molar-refractivity contribution in [3.63, 3.8) is 0 Å². The Morgan fingerprint density at radius 1 is 1.23 bits per heavy atom. The number of benzene rings is 1. The van der Waals surface area contributed by atoms with Gasteiger partial charge >= 0.3 is 11.9 Å². The van der Waals surface area contributed by atoms with Crippen LogP contribution in [-0.2, 0) is 14.3 Å². The first-order valence-electron chi connectivity index (χ1n) is 10.6. The van der Waals surface area contributed by atoms with Gasteiger partial charge in [0.1, 0.15) is 6.10 Å². The number of aliphatic hydroxyl groups is 1. The van der Waals surface area contributed by atoms with E-state index >= 15 is 0 Å². The van der Waals surface area contributed by atoms with Gasteiger partial charge in [0, 0.05) is 23.7 Å². The summed E-state index contributed by atoms with van der Waals surface area (Å²) in [4.78, 5) is 36.8.